The third kappa shape index (κ3) is 9.04. The Labute approximate surface area is 537 Å². The van der Waals surface area contributed by atoms with E-state index in [0.717, 1.165) is 0 Å². The molecule has 0 unspecified atom stereocenters. The SMILES string of the molecule is [2H]c1c([2H])c(Cc2c3c([2H])c([2H])c([2H])c([2H])c3c(Cc3c([2H])c([2H])c4c([2H])c([2H])c([2H])c([2H])c4c3[2H])c3c([2H])c([2H])c([2H])c([2H])c23)c([2H])c(-c2c([2H])c([2H])c3c([2H])c([2H])c([2H])c([2H])c3c2[2H])c1[2H].[2H]c1c([2H])c([2H])c(Cc2c3c([2H])c([2H])c([2H])c([2H])c3c(Cc3c([2H])c([2H])c([2H])c4oc5c([2H])c6c([2H])c([2H])c([2H])c([2H])c6cc5c34)c3c([2H])c([2H])c([2H])c([2H])c23)c([2H])c1[2H]. The van der Waals surface area contributed by atoms with E-state index in [1.54, 1.807) is 0 Å². The molecule has 16 aromatic rings. The molecule has 1 nitrogen and oxygen atoms in total. The lowest BCUT2D eigenvalue weighted by Crippen LogP contribution is -1.98. The van der Waals surface area contributed by atoms with Crippen molar-refractivity contribution < 1.29 is 68.8 Å². The van der Waals surface area contributed by atoms with Gasteiger partial charge >= 0.3 is 0 Å². The molecular weight excluding hydrogens is 977 g/mol. The maximum Gasteiger partial charge on any atom is 0.136 e. The molecule has 1 aromatic heterocycles. The smallest absolute Gasteiger partial charge is 0.136 e. The predicted octanol–water partition coefficient (Wildman–Crippen LogP) is 21.4. The molecule has 0 aliphatic carbocycles. The molecule has 0 bridgehead atoms. The van der Waals surface area contributed by atoms with Crippen molar-refractivity contribution in [3.8, 4) is 11.1 Å². The highest BCUT2D eigenvalue weighted by molar-refractivity contribution is 6.13. The van der Waals surface area contributed by atoms with Crippen LogP contribution in [0.1, 0.15) is 109 Å². The molecule has 0 amide bonds. The second-order valence-corrected chi connectivity index (χ2v) is 18.1. The van der Waals surface area contributed by atoms with Crippen LogP contribution in [-0.2, 0) is 25.7 Å². The Hall–Kier alpha value is -10.1. The summed E-state index contributed by atoms with van der Waals surface area (Å²) >= 11 is 0. The van der Waals surface area contributed by atoms with Crippen LogP contribution in [0.3, 0.4) is 0 Å². The largest absolute Gasteiger partial charge is 0.456 e. The zero-order valence-corrected chi connectivity index (χ0v) is 41.3. The Morgan fingerprint density at radius 2 is 0.654 bits per heavy atom. The van der Waals surface area contributed by atoms with Crippen molar-refractivity contribution in [1.82, 2.24) is 0 Å². The van der Waals surface area contributed by atoms with Gasteiger partial charge in [-0.15, -0.1) is 0 Å². The molecular formula is C80H56O. The van der Waals surface area contributed by atoms with Crippen molar-refractivity contribution in [2.45, 2.75) is 25.7 Å². The van der Waals surface area contributed by atoms with Gasteiger partial charge in [-0.25, -0.2) is 0 Å². The van der Waals surface area contributed by atoms with E-state index in [2.05, 4.69) is 0 Å². The molecule has 1 heteroatoms. The van der Waals surface area contributed by atoms with Gasteiger partial charge in [0.1, 0.15) is 11.2 Å². The van der Waals surface area contributed by atoms with Crippen LogP contribution in [0.2, 0.25) is 0 Å². The van der Waals surface area contributed by atoms with Crippen LogP contribution in [0.5, 0.6) is 0 Å². The van der Waals surface area contributed by atoms with Crippen molar-refractivity contribution in [3.63, 3.8) is 0 Å². The topological polar surface area (TPSA) is 13.1 Å². The molecule has 0 spiro atoms. The average molecular weight is 1080 g/mol. The van der Waals surface area contributed by atoms with E-state index in [0.29, 0.717) is 0 Å². The molecule has 15 aromatic carbocycles. The molecule has 0 saturated carbocycles. The minimum absolute atomic E-state index is 0.000228. The molecule has 0 N–H and O–H groups in total. The number of rotatable bonds is 9. The highest BCUT2D eigenvalue weighted by Crippen LogP contribution is 2.41. The van der Waals surface area contributed by atoms with E-state index in [-0.39, 0.29) is 87.6 Å². The van der Waals surface area contributed by atoms with Crippen molar-refractivity contribution in [1.29, 1.82) is 0 Å². The summed E-state index contributed by atoms with van der Waals surface area (Å²) in [4.78, 5) is 0. The van der Waals surface area contributed by atoms with Gasteiger partial charge in [-0.2, -0.15) is 0 Å². The van der Waals surface area contributed by atoms with Gasteiger partial charge in [-0.05, 0) is 181 Å². The van der Waals surface area contributed by atoms with Gasteiger partial charge in [0.2, 0.25) is 0 Å². The van der Waals surface area contributed by atoms with Crippen molar-refractivity contribution in [2.75, 3.05) is 0 Å². The molecule has 382 valence electrons. The van der Waals surface area contributed by atoms with Gasteiger partial charge in [0.25, 0.3) is 0 Å². The summed E-state index contributed by atoms with van der Waals surface area (Å²) in [6.45, 7) is 0. The molecule has 0 fully saturated rings. The normalized spacial score (nSPS) is 19.8. The van der Waals surface area contributed by atoms with Crippen molar-refractivity contribution in [3.05, 3.63) is 335 Å². The van der Waals surface area contributed by atoms with Gasteiger partial charge in [-0.1, -0.05) is 266 Å². The van der Waals surface area contributed by atoms with Crippen molar-refractivity contribution >= 4 is 97.3 Å². The summed E-state index contributed by atoms with van der Waals surface area (Å²) in [6.07, 6.45) is -2.92. The summed E-state index contributed by atoms with van der Waals surface area (Å²) in [5.74, 6) is 0. The molecule has 81 heavy (non-hydrogen) atoms. The van der Waals surface area contributed by atoms with Gasteiger partial charge in [-0.3, -0.25) is 0 Å². The van der Waals surface area contributed by atoms with Gasteiger partial charge in [0.05, 0.1) is 64.4 Å². The first-order chi connectivity index (χ1) is 59.7. The van der Waals surface area contributed by atoms with Crippen LogP contribution in [0.25, 0.3) is 108 Å². The van der Waals surface area contributed by atoms with E-state index in [9.17, 15) is 12.3 Å². The molecule has 16 rings (SSSR count). The van der Waals surface area contributed by atoms with Crippen LogP contribution in [0.4, 0.5) is 0 Å². The maximum absolute atomic E-state index is 9.48. The zero-order valence-electron chi connectivity index (χ0n) is 88.3. The summed E-state index contributed by atoms with van der Waals surface area (Å²) in [6, 6.07) is -33.1. The number of fused-ring (bicyclic) bond motifs is 10. The minimum Gasteiger partial charge on any atom is -0.456 e. The first kappa shape index (κ1) is 19.9. The standard InChI is InChI=1S/C42H30.C38H26O/c1-3-13-33-25-30(20-21-31(33)11-1)27-42-39-18-7-5-16-37(39)41(38-17-6-8-19-40(38)42)26-29-10-9-15-34(24-29)36-23-22-32-12-2-4-14-35(32)28-36;1-2-11-25(12-3-1)21-33-29-16-6-8-18-31(29)34(32-19-9-7-17-30(32)33)23-28-15-10-20-36-38(28)35-22-26-13-4-5-14-27(26)24-37(35)39-36/h1-25,28H,26-27H2;1-20,22,24H,21,23H2/i1D,2D,3D,4D,5D,6D,7D,8D,9D,10D,11D,12D,13D,14D,15D,16D,17D,18D,19D,20D,21D,22D,23D,24D,25D,28D;1D,2D,3D,4D,5D,6D,7D,8D,9D,10D,11D,12D,13D,14D,15D,16D,17D,18D,19D,20D,24D. The molecule has 0 saturated heterocycles. The van der Waals surface area contributed by atoms with E-state index < -0.39 is 375 Å². The lowest BCUT2D eigenvalue weighted by molar-refractivity contribution is 0.669. The first-order valence-corrected chi connectivity index (χ1v) is 24.6. The predicted molar refractivity (Wildman–Crippen MR) is 345 cm³/mol. The number of furan rings is 1. The number of benzene rings is 15. The monoisotopic (exact) mass is 1080 g/mol. The van der Waals surface area contributed by atoms with Crippen LogP contribution >= 0.6 is 0 Å². The van der Waals surface area contributed by atoms with Crippen LogP contribution in [-0.4, -0.2) is 0 Å². The van der Waals surface area contributed by atoms with Gasteiger partial charge in [0, 0.05) is 10.8 Å². The van der Waals surface area contributed by atoms with Crippen molar-refractivity contribution in [2.24, 2.45) is 0 Å². The average Bonchev–Trinajstić information content (AvgIpc) is 1.64. The fraction of sp³-hybridized carbons (Fsp3) is 0.0500. The molecule has 0 radical (unpaired) electrons. The molecule has 0 atom stereocenters. The fourth-order valence-electron chi connectivity index (χ4n) is 9.96. The van der Waals surface area contributed by atoms with Gasteiger partial charge in [0.15, 0.2) is 0 Å². The zero-order chi connectivity index (χ0) is 94.5. The second-order valence-electron chi connectivity index (χ2n) is 18.1. The molecule has 0 aliphatic heterocycles. The van der Waals surface area contributed by atoms with E-state index >= 15 is 0 Å². The van der Waals surface area contributed by atoms with E-state index in [4.69, 9.17) is 56.5 Å². The summed E-state index contributed by atoms with van der Waals surface area (Å²) in [5.41, 5.74) is -4.43. The summed E-state index contributed by atoms with van der Waals surface area (Å²) < 4.78 is 417. The Balaban J connectivity index is 0.000000198. The Morgan fingerprint density at radius 3 is 1.22 bits per heavy atom. The minimum atomic E-state index is -0.910. The Bertz CT molecular complexity index is 7750. The summed E-state index contributed by atoms with van der Waals surface area (Å²) in [7, 11) is 0. The quantitative estimate of drug-likeness (QED) is 0.131. The first-order valence-electron chi connectivity index (χ1n) is 48.1. The van der Waals surface area contributed by atoms with Crippen LogP contribution in [0, 0.1) is 0 Å². The summed E-state index contributed by atoms with van der Waals surface area (Å²) in [5, 5.41) is -5.29. The van der Waals surface area contributed by atoms with E-state index in [1.165, 1.54) is 6.07 Å². The van der Waals surface area contributed by atoms with Crippen LogP contribution in [0.15, 0.2) is 294 Å². The Morgan fingerprint density at radius 1 is 0.247 bits per heavy atom. The lowest BCUT2D eigenvalue weighted by atomic mass is 9.86. The molecule has 0 aliphatic rings. The number of hydrogen-bond donors (Lipinski definition) is 0. The third-order valence-corrected chi connectivity index (χ3v) is 13.5. The fourth-order valence-corrected chi connectivity index (χ4v) is 9.96. The maximum atomic E-state index is 9.48. The highest BCUT2D eigenvalue weighted by Gasteiger charge is 2.19. The van der Waals surface area contributed by atoms with E-state index in [1.807, 2.05) is 0 Å². The lowest BCUT2D eigenvalue weighted by Gasteiger charge is -2.18. The Kier molecular flexibility index (Phi) is 5.07. The number of hydrogen-bond acceptors (Lipinski definition) is 1. The van der Waals surface area contributed by atoms with Gasteiger partial charge < -0.3 is 4.42 Å². The second kappa shape index (κ2) is 20.6. The van der Waals surface area contributed by atoms with Crippen LogP contribution < -0.4 is 0 Å². The highest BCUT2D eigenvalue weighted by atomic mass is 16.3. The third-order valence-electron chi connectivity index (χ3n) is 13.5. The molecule has 1 heterocycles.